The number of aryl methyl sites for hydroxylation is 1. The molecule has 0 radical (unpaired) electrons. The molecule has 0 aromatic heterocycles. The molecule has 1 amide bonds. The van der Waals surface area contributed by atoms with E-state index in [9.17, 15) is 4.79 Å². The van der Waals surface area contributed by atoms with Crippen molar-refractivity contribution in [1.82, 2.24) is 10.3 Å². The first-order chi connectivity index (χ1) is 10.5. The predicted molar refractivity (Wildman–Crippen MR) is 91.6 cm³/mol. The molecule has 120 valence electrons. The quantitative estimate of drug-likeness (QED) is 0.859. The van der Waals surface area contributed by atoms with E-state index in [1.54, 1.807) is 16.8 Å². The van der Waals surface area contributed by atoms with Gasteiger partial charge in [0.15, 0.2) is 0 Å². The highest BCUT2D eigenvalue weighted by atomic mass is 32.1. The van der Waals surface area contributed by atoms with E-state index >= 15 is 0 Å². The molecule has 5 nitrogen and oxygen atoms in total. The highest BCUT2D eigenvalue weighted by Gasteiger charge is 2.49. The molecule has 1 heterocycles. The van der Waals surface area contributed by atoms with Gasteiger partial charge in [0.05, 0.1) is 12.3 Å². The zero-order valence-electron chi connectivity index (χ0n) is 13.5. The molecule has 1 N–H and O–H groups in total. The third kappa shape index (κ3) is 2.80. The second kappa shape index (κ2) is 6.62. The van der Waals surface area contributed by atoms with Crippen LogP contribution in [0, 0.1) is 6.92 Å². The van der Waals surface area contributed by atoms with Gasteiger partial charge in [0.2, 0.25) is 5.11 Å². The van der Waals surface area contributed by atoms with Crippen LogP contribution in [0.3, 0.4) is 0 Å². The zero-order valence-corrected chi connectivity index (χ0v) is 14.4. The minimum absolute atomic E-state index is 0.325. The lowest BCUT2D eigenvalue weighted by Crippen LogP contribution is -2.54. The van der Waals surface area contributed by atoms with E-state index in [0.717, 1.165) is 18.5 Å². The maximum atomic E-state index is 12.4. The predicted octanol–water partition coefficient (Wildman–Crippen LogP) is 3.58. The summed E-state index contributed by atoms with van der Waals surface area (Å²) >= 11 is 5.54. The topological polar surface area (TPSA) is 44.8 Å². The van der Waals surface area contributed by atoms with Gasteiger partial charge < -0.3 is 4.74 Å². The highest BCUT2D eigenvalue weighted by molar-refractivity contribution is 7.80. The van der Waals surface area contributed by atoms with Crippen molar-refractivity contribution in [3.05, 3.63) is 29.8 Å². The minimum Gasteiger partial charge on any atom is -0.449 e. The molecule has 0 atom stereocenters. The maximum absolute atomic E-state index is 12.4. The molecular weight excluding hydrogens is 298 g/mol. The lowest BCUT2D eigenvalue weighted by molar-refractivity contribution is 0.0853. The number of hydrazine groups is 1. The van der Waals surface area contributed by atoms with Crippen LogP contribution in [0.4, 0.5) is 10.5 Å². The molecule has 0 saturated carbocycles. The molecule has 1 aliphatic rings. The number of thiocarbonyl (C=S) groups is 1. The number of carbonyl (C=O) groups is 1. The summed E-state index contributed by atoms with van der Waals surface area (Å²) in [6, 6.07) is 8.01. The minimum atomic E-state index is -0.547. The Balaban J connectivity index is 2.38. The Labute approximate surface area is 137 Å². The van der Waals surface area contributed by atoms with Gasteiger partial charge in [-0.2, -0.15) is 0 Å². The molecule has 6 heteroatoms. The molecular formula is C16H23N3O2S. The number of nitrogens with zero attached hydrogens (tertiary/aromatic N) is 2. The number of ether oxygens (including phenoxy) is 1. The molecule has 1 aromatic rings. The van der Waals surface area contributed by atoms with Crippen LogP contribution in [0.5, 0.6) is 0 Å². The first-order valence-corrected chi connectivity index (χ1v) is 8.05. The van der Waals surface area contributed by atoms with E-state index in [2.05, 4.69) is 5.43 Å². The second-order valence-corrected chi connectivity index (χ2v) is 5.70. The van der Waals surface area contributed by atoms with Crippen LogP contribution in [0.25, 0.3) is 0 Å². The second-order valence-electron chi connectivity index (χ2n) is 5.34. The van der Waals surface area contributed by atoms with Crippen LogP contribution in [0.1, 0.15) is 39.2 Å². The number of hydrogen-bond acceptors (Lipinski definition) is 4. The summed E-state index contributed by atoms with van der Waals surface area (Å²) in [5.41, 5.74) is 4.93. The summed E-state index contributed by atoms with van der Waals surface area (Å²) in [5, 5.41) is 2.21. The van der Waals surface area contributed by atoms with Crippen LogP contribution in [0.2, 0.25) is 0 Å². The average molecular weight is 321 g/mol. The normalized spacial score (nSPS) is 17.0. The molecule has 22 heavy (non-hydrogen) atoms. The zero-order chi connectivity index (χ0) is 16.3. The Morgan fingerprint density at radius 3 is 2.32 bits per heavy atom. The molecule has 1 fully saturated rings. The third-order valence-electron chi connectivity index (χ3n) is 4.04. The summed E-state index contributed by atoms with van der Waals surface area (Å²) < 4.78 is 5.19. The van der Waals surface area contributed by atoms with Crippen molar-refractivity contribution in [1.29, 1.82) is 0 Å². The third-order valence-corrected chi connectivity index (χ3v) is 4.41. The molecule has 0 spiro atoms. The summed E-state index contributed by atoms with van der Waals surface area (Å²) in [5.74, 6) is 0. The van der Waals surface area contributed by atoms with E-state index in [0.29, 0.717) is 11.7 Å². The van der Waals surface area contributed by atoms with Crippen LogP contribution in [-0.2, 0) is 4.74 Å². The number of carbonyl (C=O) groups excluding carboxylic acids is 1. The number of nitrogens with one attached hydrogen (secondary N) is 1. The lowest BCUT2D eigenvalue weighted by Gasteiger charge is -2.33. The smallest absolute Gasteiger partial charge is 0.417 e. The fraction of sp³-hybridized carbons (Fsp3) is 0.500. The average Bonchev–Trinajstić information content (AvgIpc) is 2.82. The van der Waals surface area contributed by atoms with Crippen LogP contribution in [0.15, 0.2) is 24.3 Å². The Kier molecular flexibility index (Phi) is 5.03. The molecule has 2 rings (SSSR count). The molecule has 0 aliphatic carbocycles. The van der Waals surface area contributed by atoms with Crippen LogP contribution >= 0.6 is 12.2 Å². The van der Waals surface area contributed by atoms with Gasteiger partial charge >= 0.3 is 6.09 Å². The summed E-state index contributed by atoms with van der Waals surface area (Å²) in [6.45, 7) is 8.22. The first kappa shape index (κ1) is 16.7. The van der Waals surface area contributed by atoms with Crippen molar-refractivity contribution in [3.8, 4) is 0 Å². The van der Waals surface area contributed by atoms with Crippen molar-refractivity contribution in [2.24, 2.45) is 0 Å². The van der Waals surface area contributed by atoms with Gasteiger partial charge in [-0.25, -0.2) is 20.1 Å². The number of benzene rings is 1. The van der Waals surface area contributed by atoms with E-state index in [4.69, 9.17) is 17.0 Å². The molecule has 1 aromatic carbocycles. The summed E-state index contributed by atoms with van der Waals surface area (Å²) in [7, 11) is 0. The molecule has 0 unspecified atom stereocenters. The summed E-state index contributed by atoms with van der Waals surface area (Å²) in [4.78, 5) is 13.9. The van der Waals surface area contributed by atoms with E-state index in [1.807, 2.05) is 45.0 Å². The van der Waals surface area contributed by atoms with Gasteiger partial charge in [-0.15, -0.1) is 0 Å². The van der Waals surface area contributed by atoms with Crippen molar-refractivity contribution < 1.29 is 9.53 Å². The van der Waals surface area contributed by atoms with Crippen molar-refractivity contribution in [3.63, 3.8) is 0 Å². The Morgan fingerprint density at radius 2 is 1.82 bits per heavy atom. The molecule has 1 aliphatic heterocycles. The van der Waals surface area contributed by atoms with Gasteiger partial charge in [0.25, 0.3) is 0 Å². The number of rotatable bonds is 4. The molecule has 0 bridgehead atoms. The van der Waals surface area contributed by atoms with Crippen molar-refractivity contribution >= 4 is 29.1 Å². The fourth-order valence-corrected chi connectivity index (χ4v) is 3.02. The van der Waals surface area contributed by atoms with Gasteiger partial charge in [-0.05, 0) is 51.0 Å². The number of amides is 1. The Hall–Kier alpha value is -1.66. The number of anilines is 1. The first-order valence-electron chi connectivity index (χ1n) is 7.64. The van der Waals surface area contributed by atoms with Crippen LogP contribution < -0.4 is 10.4 Å². The fourth-order valence-electron chi connectivity index (χ4n) is 2.62. The van der Waals surface area contributed by atoms with E-state index < -0.39 is 11.8 Å². The van der Waals surface area contributed by atoms with Crippen molar-refractivity contribution in [2.45, 2.75) is 46.2 Å². The van der Waals surface area contributed by atoms with Gasteiger partial charge in [0, 0.05) is 0 Å². The monoisotopic (exact) mass is 321 g/mol. The number of hydrogen-bond donors (Lipinski definition) is 1. The van der Waals surface area contributed by atoms with Crippen molar-refractivity contribution in [2.75, 3.05) is 11.6 Å². The molecule has 1 saturated heterocycles. The van der Waals surface area contributed by atoms with Gasteiger partial charge in [-0.3, -0.25) is 0 Å². The van der Waals surface area contributed by atoms with Gasteiger partial charge in [-0.1, -0.05) is 31.5 Å². The largest absolute Gasteiger partial charge is 0.449 e. The maximum Gasteiger partial charge on any atom is 0.417 e. The Morgan fingerprint density at radius 1 is 1.23 bits per heavy atom. The standard InChI is InChI=1S/C16H23N3O2S/c1-5-16(6-2)17-19(13-10-8-12(4)9-11-13)14(22)18(16)15(20)21-7-3/h8-11,17H,5-7H2,1-4H3. The SMILES string of the molecule is CCOC(=O)N1C(=S)N(c2ccc(C)cc2)NC1(CC)CC. The Bertz CT molecular complexity index is 555. The van der Waals surface area contributed by atoms with Gasteiger partial charge in [0.1, 0.15) is 5.66 Å². The van der Waals surface area contributed by atoms with E-state index in [1.165, 1.54) is 5.56 Å². The lowest BCUT2D eigenvalue weighted by atomic mass is 10.0. The van der Waals surface area contributed by atoms with E-state index in [-0.39, 0.29) is 0 Å². The van der Waals surface area contributed by atoms with Crippen LogP contribution in [-0.4, -0.2) is 28.4 Å². The summed E-state index contributed by atoms with van der Waals surface area (Å²) in [6.07, 6.45) is 1.05. The highest BCUT2D eigenvalue weighted by Crippen LogP contribution is 2.32.